The van der Waals surface area contributed by atoms with Gasteiger partial charge in [-0.2, -0.15) is 0 Å². The number of hydrogen-bond acceptors (Lipinski definition) is 2. The van der Waals surface area contributed by atoms with Crippen LogP contribution in [0.4, 0.5) is 0 Å². The highest BCUT2D eigenvalue weighted by Crippen LogP contribution is 2.39. The molecule has 2 nitrogen and oxygen atoms in total. The van der Waals surface area contributed by atoms with Gasteiger partial charge in [0.25, 0.3) is 0 Å². The van der Waals surface area contributed by atoms with Crippen molar-refractivity contribution in [2.75, 3.05) is 0 Å². The Morgan fingerprint density at radius 1 is 1.00 bits per heavy atom. The monoisotopic (exact) mass is 268 g/mol. The van der Waals surface area contributed by atoms with Gasteiger partial charge in [-0.1, -0.05) is 29.8 Å². The third kappa shape index (κ3) is 2.47. The van der Waals surface area contributed by atoms with Crippen molar-refractivity contribution in [3.8, 4) is 0 Å². The molecule has 2 unspecified atom stereocenters. The molecule has 2 fully saturated rings. The second-order valence-electron chi connectivity index (χ2n) is 6.05. The molecule has 1 aromatic carbocycles. The van der Waals surface area contributed by atoms with Gasteiger partial charge in [0.15, 0.2) is 5.78 Å². The van der Waals surface area contributed by atoms with Crippen LogP contribution in [0.5, 0.6) is 0 Å². The first-order chi connectivity index (χ1) is 9.65. The van der Waals surface area contributed by atoms with Gasteiger partial charge in [0, 0.05) is 18.3 Å². The van der Waals surface area contributed by atoms with Gasteiger partial charge in [-0.05, 0) is 49.8 Å². The third-order valence-corrected chi connectivity index (χ3v) is 4.63. The summed E-state index contributed by atoms with van der Waals surface area (Å²) in [6.07, 6.45) is 6.05. The van der Waals surface area contributed by atoms with Crippen molar-refractivity contribution in [3.63, 3.8) is 0 Å². The summed E-state index contributed by atoms with van der Waals surface area (Å²) in [4.78, 5) is 24.5. The molecule has 1 aromatic rings. The summed E-state index contributed by atoms with van der Waals surface area (Å²) in [5, 5.41) is 0. The minimum atomic E-state index is -0.0401. The predicted octanol–water partition coefficient (Wildman–Crippen LogP) is 3.73. The number of carbonyl (C=O) groups is 2. The van der Waals surface area contributed by atoms with Gasteiger partial charge in [-0.3, -0.25) is 9.59 Å². The Bertz CT molecular complexity index is 566. The maximum Gasteiger partial charge on any atom is 0.162 e. The number of fused-ring (bicyclic) bond motifs is 1. The summed E-state index contributed by atoms with van der Waals surface area (Å²) >= 11 is 0. The molecule has 2 atom stereocenters. The SMILES string of the molecule is Cc1ccc(/C=C2\CCC3C(=O)CCCC3C2=O)cc1. The van der Waals surface area contributed by atoms with E-state index in [0.717, 1.165) is 36.8 Å². The van der Waals surface area contributed by atoms with Crippen LogP contribution in [-0.2, 0) is 9.59 Å². The first kappa shape index (κ1) is 13.3. The van der Waals surface area contributed by atoms with Crippen LogP contribution in [0.2, 0.25) is 0 Å². The standard InChI is InChI=1S/C18H20O2/c1-12-5-7-13(8-6-12)11-14-9-10-15-16(18(14)20)3-2-4-17(15)19/h5-8,11,15-16H,2-4,9-10H2,1H3/b14-11+. The van der Waals surface area contributed by atoms with Crippen LogP contribution in [0.1, 0.15) is 43.2 Å². The molecule has 0 aliphatic heterocycles. The summed E-state index contributed by atoms with van der Waals surface area (Å²) in [5.41, 5.74) is 3.21. The second kappa shape index (κ2) is 5.35. The zero-order chi connectivity index (χ0) is 14.1. The molecule has 0 N–H and O–H groups in total. The highest BCUT2D eigenvalue weighted by Gasteiger charge is 2.40. The number of hydrogen-bond donors (Lipinski definition) is 0. The van der Waals surface area contributed by atoms with E-state index in [1.54, 1.807) is 0 Å². The molecule has 2 heteroatoms. The van der Waals surface area contributed by atoms with Crippen LogP contribution in [0.15, 0.2) is 29.8 Å². The fourth-order valence-electron chi connectivity index (χ4n) is 3.46. The van der Waals surface area contributed by atoms with Gasteiger partial charge < -0.3 is 0 Å². The van der Waals surface area contributed by atoms with Gasteiger partial charge in [0.1, 0.15) is 5.78 Å². The molecule has 0 bridgehead atoms. The van der Waals surface area contributed by atoms with Crippen molar-refractivity contribution < 1.29 is 9.59 Å². The van der Waals surface area contributed by atoms with Crippen molar-refractivity contribution in [1.82, 2.24) is 0 Å². The Kier molecular flexibility index (Phi) is 3.56. The van der Waals surface area contributed by atoms with Crippen molar-refractivity contribution in [3.05, 3.63) is 41.0 Å². The number of benzene rings is 1. The molecule has 0 amide bonds. The Labute approximate surface area is 119 Å². The van der Waals surface area contributed by atoms with Gasteiger partial charge in [0.05, 0.1) is 0 Å². The lowest BCUT2D eigenvalue weighted by Crippen LogP contribution is -2.38. The summed E-state index contributed by atoms with van der Waals surface area (Å²) in [7, 11) is 0. The van der Waals surface area contributed by atoms with Crippen molar-refractivity contribution in [2.24, 2.45) is 11.8 Å². The Morgan fingerprint density at radius 2 is 1.75 bits per heavy atom. The molecule has 2 aliphatic carbocycles. The largest absolute Gasteiger partial charge is 0.299 e. The Morgan fingerprint density at radius 3 is 2.50 bits per heavy atom. The van der Waals surface area contributed by atoms with Crippen LogP contribution < -0.4 is 0 Å². The number of carbonyl (C=O) groups excluding carboxylic acids is 2. The van der Waals surface area contributed by atoms with E-state index in [9.17, 15) is 9.59 Å². The molecule has 20 heavy (non-hydrogen) atoms. The predicted molar refractivity (Wildman–Crippen MR) is 79.2 cm³/mol. The summed E-state index contributed by atoms with van der Waals surface area (Å²) < 4.78 is 0. The Hall–Kier alpha value is -1.70. The maximum atomic E-state index is 12.6. The second-order valence-corrected chi connectivity index (χ2v) is 6.05. The lowest BCUT2D eigenvalue weighted by Gasteiger charge is -2.34. The number of aryl methyl sites for hydroxylation is 1. The van der Waals surface area contributed by atoms with Crippen molar-refractivity contribution >= 4 is 17.6 Å². The van der Waals surface area contributed by atoms with Crippen LogP contribution in [0.3, 0.4) is 0 Å². The van der Waals surface area contributed by atoms with Gasteiger partial charge >= 0.3 is 0 Å². The maximum absolute atomic E-state index is 12.6. The zero-order valence-electron chi connectivity index (χ0n) is 11.9. The lowest BCUT2D eigenvalue weighted by atomic mass is 9.68. The van der Waals surface area contributed by atoms with Crippen LogP contribution in [0, 0.1) is 18.8 Å². The van der Waals surface area contributed by atoms with E-state index in [2.05, 4.69) is 19.1 Å². The van der Waals surface area contributed by atoms with Gasteiger partial charge in [-0.25, -0.2) is 0 Å². The molecule has 0 radical (unpaired) electrons. The highest BCUT2D eigenvalue weighted by molar-refractivity contribution is 6.05. The molecule has 0 heterocycles. The minimum absolute atomic E-state index is 0.00594. The molecule has 0 spiro atoms. The summed E-state index contributed by atoms with van der Waals surface area (Å²) in [6, 6.07) is 8.22. The lowest BCUT2D eigenvalue weighted by molar-refractivity contribution is -0.135. The fraction of sp³-hybridized carbons (Fsp3) is 0.444. The minimum Gasteiger partial charge on any atom is -0.299 e. The smallest absolute Gasteiger partial charge is 0.162 e. The summed E-state index contributed by atoms with van der Waals surface area (Å²) in [5.74, 6) is 0.493. The van der Waals surface area contributed by atoms with E-state index in [4.69, 9.17) is 0 Å². The van der Waals surface area contributed by atoms with E-state index >= 15 is 0 Å². The van der Waals surface area contributed by atoms with Gasteiger partial charge in [-0.15, -0.1) is 0 Å². The van der Waals surface area contributed by atoms with E-state index in [1.165, 1.54) is 5.56 Å². The number of allylic oxidation sites excluding steroid dienone is 1. The molecule has 2 aliphatic rings. The average molecular weight is 268 g/mol. The molecule has 2 saturated carbocycles. The normalized spacial score (nSPS) is 28.6. The topological polar surface area (TPSA) is 34.1 Å². The molecular formula is C18H20O2. The molecule has 104 valence electrons. The van der Waals surface area contributed by atoms with Crippen LogP contribution in [0.25, 0.3) is 6.08 Å². The van der Waals surface area contributed by atoms with Crippen molar-refractivity contribution in [2.45, 2.75) is 39.0 Å². The first-order valence-electron chi connectivity index (χ1n) is 7.49. The number of ketones is 2. The average Bonchev–Trinajstić information content (AvgIpc) is 2.45. The quantitative estimate of drug-likeness (QED) is 0.727. The van der Waals surface area contributed by atoms with Gasteiger partial charge in [0.2, 0.25) is 0 Å². The number of Topliss-reactive ketones (excluding diaryl/α,β-unsaturated/α-hetero) is 2. The molecule has 0 aromatic heterocycles. The highest BCUT2D eigenvalue weighted by atomic mass is 16.1. The third-order valence-electron chi connectivity index (χ3n) is 4.63. The number of rotatable bonds is 1. The van der Waals surface area contributed by atoms with Crippen LogP contribution >= 0.6 is 0 Å². The first-order valence-corrected chi connectivity index (χ1v) is 7.49. The molecular weight excluding hydrogens is 248 g/mol. The summed E-state index contributed by atoms with van der Waals surface area (Å²) in [6.45, 7) is 2.06. The zero-order valence-corrected chi connectivity index (χ0v) is 11.9. The Balaban J connectivity index is 1.83. The van der Waals surface area contributed by atoms with Crippen LogP contribution in [-0.4, -0.2) is 11.6 Å². The van der Waals surface area contributed by atoms with Crippen molar-refractivity contribution in [1.29, 1.82) is 0 Å². The van der Waals surface area contributed by atoms with E-state index < -0.39 is 0 Å². The molecule has 0 saturated heterocycles. The van der Waals surface area contributed by atoms with E-state index in [-0.39, 0.29) is 17.6 Å². The van der Waals surface area contributed by atoms with E-state index in [1.807, 2.05) is 18.2 Å². The van der Waals surface area contributed by atoms with E-state index in [0.29, 0.717) is 12.2 Å². The molecule has 3 rings (SSSR count). The fourth-order valence-corrected chi connectivity index (χ4v) is 3.46.